The molecular weight excluding hydrogens is 495 g/mol. The van der Waals surface area contributed by atoms with E-state index in [4.69, 9.17) is 34.8 Å². The second-order valence-electron chi connectivity index (χ2n) is 7.50. The second-order valence-corrected chi connectivity index (χ2v) is 8.78. The largest absolute Gasteiger partial charge is 0.290 e. The number of hydrogen-bond acceptors (Lipinski definition) is 3. The van der Waals surface area contributed by atoms with E-state index < -0.39 is 5.91 Å². The van der Waals surface area contributed by atoms with Crippen LogP contribution in [0.15, 0.2) is 72.8 Å². The van der Waals surface area contributed by atoms with Crippen molar-refractivity contribution in [3.63, 3.8) is 0 Å². The molecule has 1 aromatic heterocycles. The Morgan fingerprint density at radius 3 is 2.24 bits per heavy atom. The molecule has 0 fully saturated rings. The van der Waals surface area contributed by atoms with Crippen LogP contribution in [0.2, 0.25) is 15.1 Å². The number of hydrazine groups is 1. The molecule has 172 valence electrons. The summed E-state index contributed by atoms with van der Waals surface area (Å²) in [4.78, 5) is 25.2. The van der Waals surface area contributed by atoms with Crippen LogP contribution in [0, 0.1) is 6.92 Å². The Bertz CT molecular complexity index is 1350. The Morgan fingerprint density at radius 1 is 0.882 bits per heavy atom. The molecule has 4 rings (SSSR count). The van der Waals surface area contributed by atoms with E-state index in [9.17, 15) is 9.59 Å². The van der Waals surface area contributed by atoms with Gasteiger partial charge in [-0.2, -0.15) is 5.10 Å². The number of amides is 2. The number of halogens is 3. The van der Waals surface area contributed by atoms with E-state index in [1.165, 1.54) is 0 Å². The smallest absolute Gasteiger partial charge is 0.273 e. The molecule has 1 heterocycles. The zero-order valence-electron chi connectivity index (χ0n) is 18.0. The monoisotopic (exact) mass is 512 g/mol. The van der Waals surface area contributed by atoms with Gasteiger partial charge >= 0.3 is 0 Å². The predicted molar refractivity (Wildman–Crippen MR) is 135 cm³/mol. The van der Waals surface area contributed by atoms with Crippen molar-refractivity contribution in [2.24, 2.45) is 0 Å². The average Bonchev–Trinajstić information content (AvgIpc) is 3.15. The maximum absolute atomic E-state index is 13.0. The standard InChI is InChI=1S/C25H19Cl3N4O2/c1-15-23(25(34)30-29-22(33)13-16-5-3-2-4-6-16)31-32(21-12-11-19(27)14-20(21)28)24(15)17-7-9-18(26)10-8-17/h2-12,14H,13H2,1H3,(H,29,33)(H,30,34). The molecule has 0 radical (unpaired) electrons. The van der Waals surface area contributed by atoms with Crippen LogP contribution in [0.1, 0.15) is 21.6 Å². The first-order valence-electron chi connectivity index (χ1n) is 10.3. The van der Waals surface area contributed by atoms with Gasteiger partial charge < -0.3 is 0 Å². The Morgan fingerprint density at radius 2 is 1.56 bits per heavy atom. The molecule has 0 unspecified atom stereocenters. The third kappa shape index (κ3) is 5.25. The van der Waals surface area contributed by atoms with E-state index in [2.05, 4.69) is 16.0 Å². The molecule has 0 aliphatic heterocycles. The number of rotatable bonds is 5. The minimum atomic E-state index is -0.557. The molecule has 2 amide bonds. The van der Waals surface area contributed by atoms with Crippen molar-refractivity contribution in [3.05, 3.63) is 105 Å². The highest BCUT2D eigenvalue weighted by atomic mass is 35.5. The maximum atomic E-state index is 13.0. The zero-order chi connectivity index (χ0) is 24.2. The van der Waals surface area contributed by atoms with Gasteiger partial charge in [0.05, 0.1) is 22.8 Å². The van der Waals surface area contributed by atoms with Crippen LogP contribution in [0.5, 0.6) is 0 Å². The zero-order valence-corrected chi connectivity index (χ0v) is 20.2. The first-order valence-corrected chi connectivity index (χ1v) is 11.4. The van der Waals surface area contributed by atoms with Gasteiger partial charge in [0.1, 0.15) is 0 Å². The molecule has 6 nitrogen and oxygen atoms in total. The summed E-state index contributed by atoms with van der Waals surface area (Å²) in [5.74, 6) is -0.909. The fourth-order valence-corrected chi connectivity index (χ4v) is 4.11. The minimum absolute atomic E-state index is 0.130. The van der Waals surface area contributed by atoms with Gasteiger partial charge in [-0.15, -0.1) is 0 Å². The number of carbonyl (C=O) groups is 2. The molecule has 2 N–H and O–H groups in total. The normalized spacial score (nSPS) is 10.7. The molecule has 0 aliphatic rings. The van der Waals surface area contributed by atoms with Crippen LogP contribution in [0.4, 0.5) is 0 Å². The molecule has 0 bridgehead atoms. The van der Waals surface area contributed by atoms with Crippen molar-refractivity contribution in [2.45, 2.75) is 13.3 Å². The summed E-state index contributed by atoms with van der Waals surface area (Å²) < 4.78 is 1.58. The summed E-state index contributed by atoms with van der Waals surface area (Å²) in [6.45, 7) is 1.78. The SMILES string of the molecule is Cc1c(C(=O)NNC(=O)Cc2ccccc2)nn(-c2ccc(Cl)cc2Cl)c1-c1ccc(Cl)cc1. The average molecular weight is 514 g/mol. The highest BCUT2D eigenvalue weighted by Crippen LogP contribution is 2.33. The summed E-state index contributed by atoms with van der Waals surface area (Å²) in [5.41, 5.74) is 8.44. The Hall–Kier alpha value is -3.32. The minimum Gasteiger partial charge on any atom is -0.273 e. The predicted octanol–water partition coefficient (Wildman–Crippen LogP) is 5.81. The van der Waals surface area contributed by atoms with Crippen LogP contribution in [0.25, 0.3) is 16.9 Å². The van der Waals surface area contributed by atoms with Crippen LogP contribution in [0.3, 0.4) is 0 Å². The first-order chi connectivity index (χ1) is 16.3. The van der Waals surface area contributed by atoms with Crippen LogP contribution in [-0.2, 0) is 11.2 Å². The highest BCUT2D eigenvalue weighted by Gasteiger charge is 2.23. The topological polar surface area (TPSA) is 76.0 Å². The fraction of sp³-hybridized carbons (Fsp3) is 0.0800. The third-order valence-electron chi connectivity index (χ3n) is 5.12. The summed E-state index contributed by atoms with van der Waals surface area (Å²) >= 11 is 18.6. The third-order valence-corrected chi connectivity index (χ3v) is 5.91. The van der Waals surface area contributed by atoms with Crippen molar-refractivity contribution >= 4 is 46.6 Å². The van der Waals surface area contributed by atoms with E-state index in [-0.39, 0.29) is 18.0 Å². The van der Waals surface area contributed by atoms with Gasteiger partial charge in [-0.1, -0.05) is 77.3 Å². The molecule has 0 spiro atoms. The van der Waals surface area contributed by atoms with Crippen molar-refractivity contribution in [3.8, 4) is 16.9 Å². The Labute approximate surface area is 211 Å². The van der Waals surface area contributed by atoms with Crippen LogP contribution in [-0.4, -0.2) is 21.6 Å². The van der Waals surface area contributed by atoms with Crippen molar-refractivity contribution in [2.75, 3.05) is 0 Å². The van der Waals surface area contributed by atoms with E-state index in [0.29, 0.717) is 32.0 Å². The molecule has 0 saturated heterocycles. The molecule has 0 atom stereocenters. The summed E-state index contributed by atoms with van der Waals surface area (Å²) in [6, 6.07) is 21.4. The Balaban J connectivity index is 1.65. The molecule has 0 saturated carbocycles. The summed E-state index contributed by atoms with van der Waals surface area (Å²) in [6.07, 6.45) is 0.130. The molecule has 4 aromatic rings. The Kier molecular flexibility index (Phi) is 7.22. The second kappa shape index (κ2) is 10.3. The quantitative estimate of drug-likeness (QED) is 0.331. The number of carbonyl (C=O) groups excluding carboxylic acids is 2. The van der Waals surface area contributed by atoms with Crippen molar-refractivity contribution in [1.82, 2.24) is 20.6 Å². The highest BCUT2D eigenvalue weighted by molar-refractivity contribution is 6.35. The summed E-state index contributed by atoms with van der Waals surface area (Å²) in [7, 11) is 0. The lowest BCUT2D eigenvalue weighted by Gasteiger charge is -2.11. The fourth-order valence-electron chi connectivity index (χ4n) is 3.50. The number of hydrogen-bond donors (Lipinski definition) is 2. The van der Waals surface area contributed by atoms with Gasteiger partial charge in [0.15, 0.2) is 5.69 Å². The summed E-state index contributed by atoms with van der Waals surface area (Å²) in [5, 5.41) is 5.95. The van der Waals surface area contributed by atoms with E-state index in [1.807, 2.05) is 42.5 Å². The lowest BCUT2D eigenvalue weighted by Crippen LogP contribution is -2.42. The van der Waals surface area contributed by atoms with E-state index in [0.717, 1.165) is 11.1 Å². The van der Waals surface area contributed by atoms with Gasteiger partial charge in [-0.3, -0.25) is 20.4 Å². The number of aromatic nitrogens is 2. The van der Waals surface area contributed by atoms with Gasteiger partial charge in [0.25, 0.3) is 5.91 Å². The van der Waals surface area contributed by atoms with Crippen LogP contribution < -0.4 is 10.9 Å². The number of benzene rings is 3. The van der Waals surface area contributed by atoms with Gasteiger partial charge in [0, 0.05) is 21.2 Å². The molecule has 34 heavy (non-hydrogen) atoms. The molecular formula is C25H19Cl3N4O2. The molecule has 9 heteroatoms. The van der Waals surface area contributed by atoms with Crippen molar-refractivity contribution in [1.29, 1.82) is 0 Å². The lowest BCUT2D eigenvalue weighted by molar-refractivity contribution is -0.121. The number of nitrogens with one attached hydrogen (secondary N) is 2. The molecule has 3 aromatic carbocycles. The van der Waals surface area contributed by atoms with E-state index in [1.54, 1.807) is 41.9 Å². The van der Waals surface area contributed by atoms with Crippen LogP contribution >= 0.6 is 34.8 Å². The van der Waals surface area contributed by atoms with Gasteiger partial charge in [0.2, 0.25) is 5.91 Å². The van der Waals surface area contributed by atoms with Gasteiger partial charge in [-0.05, 0) is 42.8 Å². The van der Waals surface area contributed by atoms with E-state index >= 15 is 0 Å². The molecule has 0 aliphatic carbocycles. The lowest BCUT2D eigenvalue weighted by atomic mass is 10.1. The maximum Gasteiger partial charge on any atom is 0.290 e. The first kappa shape index (κ1) is 23.8. The van der Waals surface area contributed by atoms with Crippen molar-refractivity contribution < 1.29 is 9.59 Å². The number of nitrogens with zero attached hydrogens (tertiary/aromatic N) is 2. The van der Waals surface area contributed by atoms with Gasteiger partial charge in [-0.25, -0.2) is 4.68 Å².